The van der Waals surface area contributed by atoms with Crippen molar-refractivity contribution in [1.29, 1.82) is 5.26 Å². The number of benzene rings is 1. The quantitative estimate of drug-likeness (QED) is 0.518. The van der Waals surface area contributed by atoms with Crippen LogP contribution in [0.25, 0.3) is 0 Å². The smallest absolute Gasteiger partial charge is 0.316 e. The summed E-state index contributed by atoms with van der Waals surface area (Å²) in [6.45, 7) is 3.10. The Morgan fingerprint density at radius 3 is 2.29 bits per heavy atom. The van der Waals surface area contributed by atoms with Crippen molar-refractivity contribution in [3.8, 4) is 6.07 Å². The Bertz CT molecular complexity index is 607. The second kappa shape index (κ2) is 7.80. The number of ether oxygens (including phenoxy) is 1. The summed E-state index contributed by atoms with van der Waals surface area (Å²) in [6.07, 6.45) is 1.17. The van der Waals surface area contributed by atoms with Crippen LogP contribution in [0.2, 0.25) is 0 Å². The number of halogens is 4. The van der Waals surface area contributed by atoms with Crippen LogP contribution in [0.5, 0.6) is 0 Å². The number of rotatable bonds is 6. The highest BCUT2D eigenvalue weighted by Crippen LogP contribution is 2.37. The highest BCUT2D eigenvalue weighted by molar-refractivity contribution is 5.34. The van der Waals surface area contributed by atoms with Crippen LogP contribution in [0.15, 0.2) is 24.8 Å². The Balaban J connectivity index is 1.91. The van der Waals surface area contributed by atoms with E-state index < -0.39 is 36.3 Å². The lowest BCUT2D eigenvalue weighted by atomic mass is 9.80. The second-order valence-corrected chi connectivity index (χ2v) is 6.19. The van der Waals surface area contributed by atoms with Crippen molar-refractivity contribution in [3.63, 3.8) is 0 Å². The fourth-order valence-corrected chi connectivity index (χ4v) is 3.03. The highest BCUT2D eigenvalue weighted by Gasteiger charge is 2.35. The average Bonchev–Trinajstić information content (AvgIpc) is 2.53. The van der Waals surface area contributed by atoms with E-state index in [1.54, 1.807) is 0 Å². The molecule has 0 radical (unpaired) electrons. The Morgan fingerprint density at radius 2 is 1.79 bits per heavy atom. The molecule has 0 aromatic heterocycles. The van der Waals surface area contributed by atoms with Crippen LogP contribution in [-0.4, -0.2) is 6.11 Å². The molecule has 24 heavy (non-hydrogen) atoms. The third-order valence-corrected chi connectivity index (χ3v) is 4.41. The van der Waals surface area contributed by atoms with Crippen LogP contribution in [0.3, 0.4) is 0 Å². The van der Waals surface area contributed by atoms with Gasteiger partial charge in [-0.05, 0) is 55.2 Å². The summed E-state index contributed by atoms with van der Waals surface area (Å²) in [6, 6.07) is 3.06. The molecule has 1 fully saturated rings. The zero-order valence-corrected chi connectivity index (χ0v) is 13.2. The van der Waals surface area contributed by atoms with E-state index in [1.807, 2.05) is 6.08 Å². The molecule has 130 valence electrons. The summed E-state index contributed by atoms with van der Waals surface area (Å²) in [7, 11) is 0. The molecule has 0 aliphatic heterocycles. The van der Waals surface area contributed by atoms with Gasteiger partial charge in [0.25, 0.3) is 0 Å². The van der Waals surface area contributed by atoms with Gasteiger partial charge in [0.2, 0.25) is 0 Å². The van der Waals surface area contributed by atoms with Gasteiger partial charge in [0, 0.05) is 6.42 Å². The maximum atomic E-state index is 13.9. The van der Waals surface area contributed by atoms with Crippen molar-refractivity contribution in [3.05, 3.63) is 47.5 Å². The first kappa shape index (κ1) is 18.5. The van der Waals surface area contributed by atoms with Crippen molar-refractivity contribution in [2.75, 3.05) is 0 Å². The average molecular weight is 341 g/mol. The summed E-state index contributed by atoms with van der Waals surface area (Å²) in [5, 5.41) is 8.58. The molecule has 1 aliphatic rings. The van der Waals surface area contributed by atoms with E-state index in [1.165, 1.54) is 6.07 Å². The normalized spacial score (nSPS) is 21.3. The van der Waals surface area contributed by atoms with Crippen LogP contribution in [0, 0.1) is 34.8 Å². The summed E-state index contributed by atoms with van der Waals surface area (Å²) in [5.41, 5.74) is -0.802. The molecule has 6 heteroatoms. The minimum absolute atomic E-state index is 0.0703. The van der Waals surface area contributed by atoms with Crippen LogP contribution in [-0.2, 0) is 11.3 Å². The molecule has 0 bridgehead atoms. The van der Waals surface area contributed by atoms with E-state index in [0.29, 0.717) is 18.8 Å². The molecule has 0 N–H and O–H groups in total. The summed E-state index contributed by atoms with van der Waals surface area (Å²) < 4.78 is 59.4. The molecule has 2 rings (SSSR count). The Kier molecular flexibility index (Phi) is 6.00. The van der Waals surface area contributed by atoms with Gasteiger partial charge in [0.15, 0.2) is 0 Å². The molecule has 0 amide bonds. The Morgan fingerprint density at radius 1 is 1.21 bits per heavy atom. The predicted octanol–water partition coefficient (Wildman–Crippen LogP) is 5.33. The fraction of sp³-hybridized carbons (Fsp3) is 0.500. The van der Waals surface area contributed by atoms with Gasteiger partial charge in [-0.1, -0.05) is 6.08 Å². The van der Waals surface area contributed by atoms with Crippen molar-refractivity contribution >= 4 is 0 Å². The van der Waals surface area contributed by atoms with E-state index in [9.17, 15) is 17.6 Å². The second-order valence-electron chi connectivity index (χ2n) is 6.19. The highest BCUT2D eigenvalue weighted by atomic mass is 19.3. The van der Waals surface area contributed by atoms with Crippen molar-refractivity contribution < 1.29 is 22.3 Å². The van der Waals surface area contributed by atoms with Crippen molar-refractivity contribution in [2.45, 2.75) is 44.8 Å². The molecule has 1 aromatic rings. The van der Waals surface area contributed by atoms with Crippen LogP contribution >= 0.6 is 0 Å². The lowest BCUT2D eigenvalue weighted by Gasteiger charge is -2.29. The molecular formula is C18H19F4NO. The largest absolute Gasteiger partial charge is 0.356 e. The standard InChI is InChI=1S/C18H19F4NO/c1-2-12-3-5-13(6-4-12)9-18(21,22)24-11-14-7-16(19)15(10-23)17(20)8-14/h2,7-8,12-13H,1,3-6,9,11H2. The van der Waals surface area contributed by atoms with Gasteiger partial charge in [-0.2, -0.15) is 14.0 Å². The zero-order valence-electron chi connectivity index (χ0n) is 13.2. The van der Waals surface area contributed by atoms with E-state index in [4.69, 9.17) is 5.26 Å². The van der Waals surface area contributed by atoms with Gasteiger partial charge in [0.1, 0.15) is 23.3 Å². The molecule has 0 spiro atoms. The van der Waals surface area contributed by atoms with Gasteiger partial charge in [-0.25, -0.2) is 8.78 Å². The van der Waals surface area contributed by atoms with Gasteiger partial charge in [-0.3, -0.25) is 0 Å². The topological polar surface area (TPSA) is 33.0 Å². The maximum absolute atomic E-state index is 13.9. The number of hydrogen-bond donors (Lipinski definition) is 0. The Labute approximate surface area is 138 Å². The number of nitriles is 1. The molecule has 2 nitrogen and oxygen atoms in total. The molecule has 1 aliphatic carbocycles. The first-order valence-electron chi connectivity index (χ1n) is 7.87. The van der Waals surface area contributed by atoms with Crippen molar-refractivity contribution in [1.82, 2.24) is 0 Å². The monoisotopic (exact) mass is 341 g/mol. The minimum Gasteiger partial charge on any atom is -0.316 e. The molecular weight excluding hydrogens is 322 g/mol. The fourth-order valence-electron chi connectivity index (χ4n) is 3.03. The molecule has 0 atom stereocenters. The number of allylic oxidation sites excluding steroid dienone is 1. The third-order valence-electron chi connectivity index (χ3n) is 4.41. The minimum atomic E-state index is -3.35. The molecule has 0 saturated heterocycles. The first-order valence-corrected chi connectivity index (χ1v) is 7.87. The van der Waals surface area contributed by atoms with Gasteiger partial charge < -0.3 is 4.74 Å². The van der Waals surface area contributed by atoms with Gasteiger partial charge in [0.05, 0.1) is 6.61 Å². The van der Waals surface area contributed by atoms with Crippen molar-refractivity contribution in [2.24, 2.45) is 11.8 Å². The van der Waals surface area contributed by atoms with Crippen LogP contribution < -0.4 is 0 Å². The third kappa shape index (κ3) is 4.81. The lowest BCUT2D eigenvalue weighted by Crippen LogP contribution is -2.27. The summed E-state index contributed by atoms with van der Waals surface area (Å²) in [4.78, 5) is 0. The van der Waals surface area contributed by atoms with E-state index >= 15 is 0 Å². The molecule has 1 saturated carbocycles. The van der Waals surface area contributed by atoms with Crippen LogP contribution in [0.1, 0.15) is 43.2 Å². The number of hydrogen-bond acceptors (Lipinski definition) is 2. The van der Waals surface area contributed by atoms with E-state index in [2.05, 4.69) is 11.3 Å². The van der Waals surface area contributed by atoms with Crippen LogP contribution in [0.4, 0.5) is 17.6 Å². The summed E-state index contributed by atoms with van der Waals surface area (Å²) in [5.74, 6) is -1.91. The molecule has 0 unspecified atom stereocenters. The molecule has 0 heterocycles. The Hall–Kier alpha value is -1.87. The number of nitrogens with zero attached hydrogens (tertiary/aromatic N) is 1. The van der Waals surface area contributed by atoms with E-state index in [0.717, 1.165) is 25.0 Å². The van der Waals surface area contributed by atoms with Gasteiger partial charge >= 0.3 is 6.11 Å². The SMILES string of the molecule is C=CC1CCC(CC(F)(F)OCc2cc(F)c(C#N)c(F)c2)CC1. The van der Waals surface area contributed by atoms with Gasteiger partial charge in [-0.15, -0.1) is 6.58 Å². The zero-order chi connectivity index (χ0) is 17.7. The number of alkyl halides is 2. The maximum Gasteiger partial charge on any atom is 0.356 e. The lowest BCUT2D eigenvalue weighted by molar-refractivity contribution is -0.256. The predicted molar refractivity (Wildman–Crippen MR) is 81.1 cm³/mol. The first-order chi connectivity index (χ1) is 11.3. The molecule has 1 aromatic carbocycles. The summed E-state index contributed by atoms with van der Waals surface area (Å²) >= 11 is 0. The van der Waals surface area contributed by atoms with E-state index in [-0.39, 0.29) is 11.5 Å².